The molecule has 0 aliphatic rings. The summed E-state index contributed by atoms with van der Waals surface area (Å²) in [4.78, 5) is 11.9. The van der Waals surface area contributed by atoms with Crippen molar-refractivity contribution in [1.29, 1.82) is 0 Å². The van der Waals surface area contributed by atoms with Crippen LogP contribution in [0.5, 0.6) is 5.75 Å². The van der Waals surface area contributed by atoms with Crippen molar-refractivity contribution in [2.24, 2.45) is 0 Å². The lowest BCUT2D eigenvalue weighted by Crippen LogP contribution is -2.34. The van der Waals surface area contributed by atoms with Crippen molar-refractivity contribution in [2.75, 3.05) is 5.32 Å². The van der Waals surface area contributed by atoms with Crippen molar-refractivity contribution in [3.8, 4) is 5.75 Å². The van der Waals surface area contributed by atoms with Crippen LogP contribution >= 0.6 is 12.2 Å². The van der Waals surface area contributed by atoms with Crippen molar-refractivity contribution in [1.82, 2.24) is 5.32 Å². The topological polar surface area (TPSA) is 61.4 Å². The zero-order valence-electron chi connectivity index (χ0n) is 12.3. The molecule has 0 unspecified atom stereocenters. The average Bonchev–Trinajstić information content (AvgIpc) is 2.50. The van der Waals surface area contributed by atoms with Crippen molar-refractivity contribution in [3.05, 3.63) is 59.7 Å². The highest BCUT2D eigenvalue weighted by Crippen LogP contribution is 2.23. The quantitative estimate of drug-likeness (QED) is 0.599. The molecule has 114 valence electrons. The van der Waals surface area contributed by atoms with Gasteiger partial charge in [0.05, 0.1) is 5.69 Å². The molecule has 2 aromatic carbocycles. The van der Waals surface area contributed by atoms with Crippen LogP contribution in [-0.2, 0) is 11.2 Å². The van der Waals surface area contributed by atoms with Crippen LogP contribution in [0.4, 0.5) is 5.69 Å². The minimum absolute atomic E-state index is 0.0893. The monoisotopic (exact) mass is 314 g/mol. The number of phenols is 1. The Labute approximate surface area is 135 Å². The molecule has 0 bridgehead atoms. The molecule has 0 spiro atoms. The summed E-state index contributed by atoms with van der Waals surface area (Å²) in [6, 6.07) is 14.9. The van der Waals surface area contributed by atoms with Gasteiger partial charge < -0.3 is 15.7 Å². The summed E-state index contributed by atoms with van der Waals surface area (Å²) in [5, 5.41) is 15.4. The summed E-state index contributed by atoms with van der Waals surface area (Å²) in [5.74, 6) is -0.0695. The van der Waals surface area contributed by atoms with E-state index < -0.39 is 0 Å². The molecule has 1 amide bonds. The molecule has 0 atom stereocenters. The van der Waals surface area contributed by atoms with Gasteiger partial charge in [-0.25, -0.2) is 0 Å². The largest absolute Gasteiger partial charge is 0.506 e. The lowest BCUT2D eigenvalue weighted by atomic mass is 10.1. The van der Waals surface area contributed by atoms with Gasteiger partial charge in [0.15, 0.2) is 5.11 Å². The number of aryl methyl sites for hydroxylation is 2. The van der Waals surface area contributed by atoms with E-state index in [1.165, 1.54) is 0 Å². The van der Waals surface area contributed by atoms with Gasteiger partial charge in [0.2, 0.25) is 5.91 Å². The maximum absolute atomic E-state index is 11.9. The van der Waals surface area contributed by atoms with Gasteiger partial charge in [-0.15, -0.1) is 0 Å². The smallest absolute Gasteiger partial charge is 0.226 e. The van der Waals surface area contributed by atoms with E-state index in [0.717, 1.165) is 11.1 Å². The molecule has 0 radical (unpaired) electrons. The summed E-state index contributed by atoms with van der Waals surface area (Å²) in [7, 11) is 0. The van der Waals surface area contributed by atoms with Crippen molar-refractivity contribution >= 4 is 28.9 Å². The average molecular weight is 314 g/mol. The third kappa shape index (κ3) is 4.86. The second-order valence-corrected chi connectivity index (χ2v) is 5.42. The molecule has 0 aromatic heterocycles. The fourth-order valence-corrected chi connectivity index (χ4v) is 2.22. The van der Waals surface area contributed by atoms with Crippen LogP contribution in [0.2, 0.25) is 0 Å². The Bertz CT molecular complexity index is 672. The van der Waals surface area contributed by atoms with E-state index in [0.29, 0.717) is 18.5 Å². The minimum Gasteiger partial charge on any atom is -0.506 e. The number of rotatable bonds is 4. The summed E-state index contributed by atoms with van der Waals surface area (Å²) in [6.07, 6.45) is 1.01. The molecule has 3 N–H and O–H groups in total. The van der Waals surface area contributed by atoms with E-state index in [1.807, 2.05) is 37.3 Å². The van der Waals surface area contributed by atoms with E-state index >= 15 is 0 Å². The van der Waals surface area contributed by atoms with Crippen LogP contribution in [0, 0.1) is 6.92 Å². The van der Waals surface area contributed by atoms with E-state index in [4.69, 9.17) is 12.2 Å². The summed E-state index contributed by atoms with van der Waals surface area (Å²) in [5.41, 5.74) is 2.57. The number of aromatic hydroxyl groups is 1. The van der Waals surface area contributed by atoms with Crippen molar-refractivity contribution in [2.45, 2.75) is 19.8 Å². The molecule has 0 aliphatic heterocycles. The summed E-state index contributed by atoms with van der Waals surface area (Å²) >= 11 is 5.09. The highest BCUT2D eigenvalue weighted by atomic mass is 32.1. The van der Waals surface area contributed by atoms with Crippen molar-refractivity contribution in [3.63, 3.8) is 0 Å². The fourth-order valence-electron chi connectivity index (χ4n) is 2.00. The predicted molar refractivity (Wildman–Crippen MR) is 92.0 cm³/mol. The highest BCUT2D eigenvalue weighted by Gasteiger charge is 2.07. The molecule has 0 saturated carbocycles. The molecule has 4 nitrogen and oxygen atoms in total. The first-order valence-electron chi connectivity index (χ1n) is 6.99. The molecular formula is C17H18N2O2S. The number of carbonyl (C=O) groups is 1. The van der Waals surface area contributed by atoms with E-state index in [-0.39, 0.29) is 16.8 Å². The maximum Gasteiger partial charge on any atom is 0.226 e. The molecule has 22 heavy (non-hydrogen) atoms. The van der Waals surface area contributed by atoms with Crippen LogP contribution in [0.3, 0.4) is 0 Å². The summed E-state index contributed by atoms with van der Waals surface area (Å²) in [6.45, 7) is 1.91. The van der Waals surface area contributed by atoms with E-state index in [2.05, 4.69) is 10.6 Å². The third-order valence-corrected chi connectivity index (χ3v) is 3.34. The molecule has 0 aliphatic carbocycles. The SMILES string of the molecule is Cc1ccc(O)c(NC(=S)NC(=O)CCc2ccccc2)c1. The number of anilines is 1. The molecular weight excluding hydrogens is 296 g/mol. The number of thiocarbonyl (C=S) groups is 1. The van der Waals surface area contributed by atoms with E-state index in [9.17, 15) is 9.90 Å². The predicted octanol–water partition coefficient (Wildman–Crippen LogP) is 3.15. The van der Waals surface area contributed by atoms with Gasteiger partial charge in [0, 0.05) is 6.42 Å². The first-order chi connectivity index (χ1) is 10.5. The Balaban J connectivity index is 1.84. The molecule has 2 aromatic rings. The standard InChI is InChI=1S/C17H18N2O2S/c1-12-7-9-15(20)14(11-12)18-17(22)19-16(21)10-8-13-5-3-2-4-6-13/h2-7,9,11,20H,8,10H2,1H3,(H2,18,19,21,22). The Morgan fingerprint density at radius 1 is 1.18 bits per heavy atom. The first kappa shape index (κ1) is 16.0. The number of hydrogen-bond donors (Lipinski definition) is 3. The van der Waals surface area contributed by atoms with Crippen LogP contribution < -0.4 is 10.6 Å². The van der Waals surface area contributed by atoms with Crippen molar-refractivity contribution < 1.29 is 9.90 Å². The lowest BCUT2D eigenvalue weighted by Gasteiger charge is -2.11. The summed E-state index contributed by atoms with van der Waals surface area (Å²) < 4.78 is 0. The number of carbonyl (C=O) groups excluding carboxylic acids is 1. The lowest BCUT2D eigenvalue weighted by molar-refractivity contribution is -0.119. The van der Waals surface area contributed by atoms with Gasteiger partial charge in [-0.2, -0.15) is 0 Å². The Hall–Kier alpha value is -2.40. The Morgan fingerprint density at radius 3 is 2.64 bits per heavy atom. The number of hydrogen-bond acceptors (Lipinski definition) is 3. The van der Waals surface area contributed by atoms with Crippen LogP contribution in [0.25, 0.3) is 0 Å². The number of amides is 1. The normalized spacial score (nSPS) is 10.0. The first-order valence-corrected chi connectivity index (χ1v) is 7.40. The third-order valence-electron chi connectivity index (χ3n) is 3.14. The Morgan fingerprint density at radius 2 is 1.91 bits per heavy atom. The molecule has 5 heteroatoms. The van der Waals surface area contributed by atoms with Gasteiger partial charge in [0.1, 0.15) is 5.75 Å². The second-order valence-electron chi connectivity index (χ2n) is 5.01. The van der Waals surface area contributed by atoms with Gasteiger partial charge >= 0.3 is 0 Å². The van der Waals surface area contributed by atoms with E-state index in [1.54, 1.807) is 18.2 Å². The highest BCUT2D eigenvalue weighted by molar-refractivity contribution is 7.80. The minimum atomic E-state index is -0.159. The zero-order valence-corrected chi connectivity index (χ0v) is 13.1. The molecule has 0 heterocycles. The Kier molecular flexibility index (Phi) is 5.49. The van der Waals surface area contributed by atoms with Gasteiger partial charge in [-0.1, -0.05) is 36.4 Å². The maximum atomic E-state index is 11.9. The molecule has 2 rings (SSSR count). The number of phenolic OH excluding ortho intramolecular Hbond substituents is 1. The zero-order chi connectivity index (χ0) is 15.9. The molecule has 0 fully saturated rings. The van der Waals surface area contributed by atoms with Gasteiger partial charge in [0.25, 0.3) is 0 Å². The van der Waals surface area contributed by atoms with Crippen LogP contribution in [0.1, 0.15) is 17.5 Å². The molecule has 0 saturated heterocycles. The fraction of sp³-hybridized carbons (Fsp3) is 0.176. The van der Waals surface area contributed by atoms with Gasteiger partial charge in [-0.3, -0.25) is 4.79 Å². The van der Waals surface area contributed by atoms with Crippen LogP contribution in [0.15, 0.2) is 48.5 Å². The second kappa shape index (κ2) is 7.56. The number of nitrogens with one attached hydrogen (secondary N) is 2. The number of benzene rings is 2. The van der Waals surface area contributed by atoms with Gasteiger partial charge in [-0.05, 0) is 48.8 Å². The van der Waals surface area contributed by atoms with Crippen LogP contribution in [-0.4, -0.2) is 16.1 Å².